The van der Waals surface area contributed by atoms with Crippen molar-refractivity contribution in [2.45, 2.75) is 19.3 Å². The minimum absolute atomic E-state index is 0.175. The highest BCUT2D eigenvalue weighted by molar-refractivity contribution is 6.38. The lowest BCUT2D eigenvalue weighted by Gasteiger charge is -2.09. The molecule has 0 aliphatic rings. The first-order valence-corrected chi connectivity index (χ1v) is 4.99. The van der Waals surface area contributed by atoms with Crippen molar-refractivity contribution in [2.75, 3.05) is 5.73 Å². The highest BCUT2D eigenvalue weighted by Gasteiger charge is 2.12. The van der Waals surface area contributed by atoms with Gasteiger partial charge >= 0.3 is 0 Å². The average molecular weight is 229 g/mol. The van der Waals surface area contributed by atoms with Crippen molar-refractivity contribution in [3.8, 4) is 6.07 Å². The van der Waals surface area contributed by atoms with Gasteiger partial charge in [-0.2, -0.15) is 5.26 Å². The van der Waals surface area contributed by atoms with Crippen molar-refractivity contribution in [1.82, 2.24) is 0 Å². The van der Waals surface area contributed by atoms with Gasteiger partial charge in [-0.15, -0.1) is 0 Å². The number of nitriles is 1. The van der Waals surface area contributed by atoms with E-state index in [1.165, 1.54) is 0 Å². The Labute approximate surface area is 93.2 Å². The number of hydrogen-bond donors (Lipinski definition) is 1. The van der Waals surface area contributed by atoms with E-state index >= 15 is 0 Å². The lowest BCUT2D eigenvalue weighted by molar-refractivity contribution is 0.818. The van der Waals surface area contributed by atoms with Crippen LogP contribution in [0.25, 0.3) is 0 Å². The molecule has 0 heterocycles. The molecule has 1 unspecified atom stereocenters. The van der Waals surface area contributed by atoms with E-state index in [1.807, 2.05) is 6.92 Å². The number of anilines is 1. The van der Waals surface area contributed by atoms with Crippen LogP contribution >= 0.6 is 23.2 Å². The van der Waals surface area contributed by atoms with Gasteiger partial charge in [-0.05, 0) is 24.1 Å². The van der Waals surface area contributed by atoms with Crippen LogP contribution < -0.4 is 5.73 Å². The molecule has 74 valence electrons. The van der Waals surface area contributed by atoms with Gasteiger partial charge in [0.25, 0.3) is 0 Å². The minimum atomic E-state index is -0.175. The predicted molar refractivity (Wildman–Crippen MR) is 59.5 cm³/mol. The Balaban J connectivity index is 3.19. The summed E-state index contributed by atoms with van der Waals surface area (Å²) in [5.41, 5.74) is 6.77. The first-order chi connectivity index (χ1) is 6.60. The van der Waals surface area contributed by atoms with Crippen LogP contribution in [0, 0.1) is 11.3 Å². The topological polar surface area (TPSA) is 49.8 Å². The molecule has 2 N–H and O–H groups in total. The Hall–Kier alpha value is -0.910. The van der Waals surface area contributed by atoms with Crippen LogP contribution in [-0.2, 0) is 0 Å². The summed E-state index contributed by atoms with van der Waals surface area (Å²) in [4.78, 5) is 0. The smallest absolute Gasteiger partial charge is 0.0711 e. The van der Waals surface area contributed by atoms with Crippen LogP contribution in [0.3, 0.4) is 0 Å². The van der Waals surface area contributed by atoms with E-state index in [1.54, 1.807) is 12.1 Å². The highest BCUT2D eigenvalue weighted by Crippen LogP contribution is 2.32. The summed E-state index contributed by atoms with van der Waals surface area (Å²) in [6.45, 7) is 1.94. The van der Waals surface area contributed by atoms with Crippen molar-refractivity contribution in [1.29, 1.82) is 5.26 Å². The molecule has 0 saturated heterocycles. The molecule has 0 radical (unpaired) electrons. The molecule has 1 rings (SSSR count). The normalized spacial score (nSPS) is 12.1. The second-order valence-electron chi connectivity index (χ2n) is 2.99. The summed E-state index contributed by atoms with van der Waals surface area (Å²) in [6.07, 6.45) is 0.729. The molecule has 1 aromatic carbocycles. The van der Waals surface area contributed by atoms with Gasteiger partial charge in [0.1, 0.15) is 0 Å². The number of benzene rings is 1. The molecule has 0 saturated carbocycles. The largest absolute Gasteiger partial charge is 0.396 e. The third kappa shape index (κ3) is 2.12. The van der Waals surface area contributed by atoms with Crippen molar-refractivity contribution < 1.29 is 0 Å². The molecular formula is C10H10Cl2N2. The van der Waals surface area contributed by atoms with Crippen molar-refractivity contribution in [3.05, 3.63) is 27.7 Å². The number of nitrogen functional groups attached to an aromatic ring is 1. The molecule has 0 aliphatic heterocycles. The monoisotopic (exact) mass is 228 g/mol. The minimum Gasteiger partial charge on any atom is -0.396 e. The van der Waals surface area contributed by atoms with Gasteiger partial charge in [-0.3, -0.25) is 0 Å². The molecule has 0 spiro atoms. The van der Waals surface area contributed by atoms with Crippen LogP contribution in [0.4, 0.5) is 5.69 Å². The van der Waals surface area contributed by atoms with Crippen LogP contribution in [0.5, 0.6) is 0 Å². The van der Waals surface area contributed by atoms with Crippen LogP contribution in [0.1, 0.15) is 24.8 Å². The fourth-order valence-corrected chi connectivity index (χ4v) is 1.71. The molecule has 4 heteroatoms. The zero-order valence-electron chi connectivity index (χ0n) is 7.72. The maximum absolute atomic E-state index is 8.86. The highest BCUT2D eigenvalue weighted by atomic mass is 35.5. The molecule has 14 heavy (non-hydrogen) atoms. The molecule has 1 aromatic rings. The SMILES string of the molecule is CCC(C#N)c1cc(Cl)c(N)c(Cl)c1. The molecular weight excluding hydrogens is 219 g/mol. The van der Waals surface area contributed by atoms with Gasteiger partial charge in [0.2, 0.25) is 0 Å². The predicted octanol–water partition coefficient (Wildman–Crippen LogP) is 3.59. The number of nitrogens with two attached hydrogens (primary N) is 1. The summed E-state index contributed by atoms with van der Waals surface area (Å²) < 4.78 is 0. The summed E-state index contributed by atoms with van der Waals surface area (Å²) >= 11 is 11.7. The Kier molecular flexibility index (Phi) is 3.62. The summed E-state index contributed by atoms with van der Waals surface area (Å²) in [5.74, 6) is -0.175. The van der Waals surface area contributed by atoms with Gasteiger partial charge in [-0.1, -0.05) is 30.1 Å². The average Bonchev–Trinajstić information content (AvgIpc) is 2.16. The van der Waals surface area contributed by atoms with Gasteiger partial charge in [-0.25, -0.2) is 0 Å². The Morgan fingerprint density at radius 2 is 1.93 bits per heavy atom. The van der Waals surface area contributed by atoms with Crippen LogP contribution in [-0.4, -0.2) is 0 Å². The van der Waals surface area contributed by atoms with Gasteiger partial charge in [0.05, 0.1) is 27.7 Å². The van der Waals surface area contributed by atoms with Crippen LogP contribution in [0.15, 0.2) is 12.1 Å². The third-order valence-corrected chi connectivity index (χ3v) is 2.69. The first kappa shape index (κ1) is 11.2. The Morgan fingerprint density at radius 1 is 1.43 bits per heavy atom. The van der Waals surface area contributed by atoms with E-state index in [2.05, 4.69) is 6.07 Å². The van der Waals surface area contributed by atoms with E-state index < -0.39 is 0 Å². The second-order valence-corrected chi connectivity index (χ2v) is 3.80. The summed E-state index contributed by atoms with van der Waals surface area (Å²) in [5, 5.41) is 9.67. The third-order valence-electron chi connectivity index (χ3n) is 2.07. The Bertz CT molecular complexity index is 359. The van der Waals surface area contributed by atoms with Crippen LogP contribution in [0.2, 0.25) is 10.0 Å². The van der Waals surface area contributed by atoms with E-state index in [0.717, 1.165) is 12.0 Å². The van der Waals surface area contributed by atoms with Crippen molar-refractivity contribution in [3.63, 3.8) is 0 Å². The Morgan fingerprint density at radius 3 is 2.29 bits per heavy atom. The molecule has 0 amide bonds. The summed E-state index contributed by atoms with van der Waals surface area (Å²) in [6, 6.07) is 5.57. The molecule has 1 atom stereocenters. The molecule has 0 aromatic heterocycles. The first-order valence-electron chi connectivity index (χ1n) is 4.24. The molecule has 0 aliphatic carbocycles. The number of halogens is 2. The number of rotatable bonds is 2. The van der Waals surface area contributed by atoms with Gasteiger partial charge < -0.3 is 5.73 Å². The lowest BCUT2D eigenvalue weighted by Crippen LogP contribution is -1.96. The zero-order valence-corrected chi connectivity index (χ0v) is 9.23. The maximum Gasteiger partial charge on any atom is 0.0711 e. The molecule has 2 nitrogen and oxygen atoms in total. The van der Waals surface area contributed by atoms with Crippen molar-refractivity contribution in [2.24, 2.45) is 0 Å². The quantitative estimate of drug-likeness (QED) is 0.787. The number of hydrogen-bond acceptors (Lipinski definition) is 2. The van der Waals surface area contributed by atoms with Gasteiger partial charge in [0, 0.05) is 0 Å². The molecule has 0 fully saturated rings. The zero-order chi connectivity index (χ0) is 10.7. The van der Waals surface area contributed by atoms with E-state index in [0.29, 0.717) is 15.7 Å². The van der Waals surface area contributed by atoms with E-state index in [-0.39, 0.29) is 5.92 Å². The van der Waals surface area contributed by atoms with E-state index in [4.69, 9.17) is 34.2 Å². The summed E-state index contributed by atoms with van der Waals surface area (Å²) in [7, 11) is 0. The standard InChI is InChI=1S/C10H10Cl2N2/c1-2-6(5-13)7-3-8(11)10(14)9(12)4-7/h3-4,6H,2,14H2,1H3. The number of nitrogens with zero attached hydrogens (tertiary/aromatic N) is 1. The lowest BCUT2D eigenvalue weighted by atomic mass is 9.98. The van der Waals surface area contributed by atoms with Gasteiger partial charge in [0.15, 0.2) is 0 Å². The fourth-order valence-electron chi connectivity index (χ4n) is 1.21. The maximum atomic E-state index is 8.86. The second kappa shape index (κ2) is 4.54. The van der Waals surface area contributed by atoms with E-state index in [9.17, 15) is 0 Å². The fraction of sp³-hybridized carbons (Fsp3) is 0.300. The van der Waals surface area contributed by atoms with Crippen molar-refractivity contribution >= 4 is 28.9 Å². The molecule has 0 bridgehead atoms.